The largest absolute Gasteiger partial charge is 0.340 e. The van der Waals surface area contributed by atoms with Gasteiger partial charge in [0.05, 0.1) is 5.69 Å². The predicted octanol–water partition coefficient (Wildman–Crippen LogP) is 0.375. The van der Waals surface area contributed by atoms with Crippen molar-refractivity contribution in [3.63, 3.8) is 0 Å². The van der Waals surface area contributed by atoms with E-state index in [2.05, 4.69) is 10.3 Å². The molecule has 2 saturated heterocycles. The molecule has 0 bridgehead atoms. The van der Waals surface area contributed by atoms with Crippen LogP contribution >= 0.6 is 0 Å². The molecule has 2 fully saturated rings. The second kappa shape index (κ2) is 5.61. The number of aromatic nitrogens is 2. The zero-order valence-electron chi connectivity index (χ0n) is 14.5. The molecule has 8 nitrogen and oxygen atoms in total. The number of aryl methyl sites for hydroxylation is 2. The number of carbonyl (C=O) groups is 3. The fraction of sp³-hybridized carbons (Fsp3) is 0.625. The van der Waals surface area contributed by atoms with E-state index < -0.39 is 11.6 Å². The second-order valence-electron chi connectivity index (χ2n) is 7.12. The van der Waals surface area contributed by atoms with Crippen LogP contribution in [0.4, 0.5) is 4.79 Å². The lowest BCUT2D eigenvalue weighted by molar-refractivity contribution is -0.137. The molecule has 3 rings (SSSR count). The first-order valence-electron chi connectivity index (χ1n) is 8.11. The van der Waals surface area contributed by atoms with Gasteiger partial charge in [-0.2, -0.15) is 0 Å². The van der Waals surface area contributed by atoms with Crippen molar-refractivity contribution in [3.05, 3.63) is 17.7 Å². The SMILES string of the molecule is Cc1cn(C)c([C@H]2CCN(C(=O)CN3C(=O)NC(C)(C)C3=O)C2)n1. The number of carbonyl (C=O) groups excluding carboxylic acids is 3. The number of imidazole rings is 1. The van der Waals surface area contributed by atoms with Gasteiger partial charge in [0.15, 0.2) is 0 Å². The molecule has 0 unspecified atom stereocenters. The van der Waals surface area contributed by atoms with Gasteiger partial charge < -0.3 is 14.8 Å². The van der Waals surface area contributed by atoms with Crippen molar-refractivity contribution in [1.29, 1.82) is 0 Å². The zero-order valence-corrected chi connectivity index (χ0v) is 14.5. The zero-order chi connectivity index (χ0) is 17.6. The molecule has 4 amide bonds. The highest BCUT2D eigenvalue weighted by atomic mass is 16.2. The molecule has 1 N–H and O–H groups in total. The van der Waals surface area contributed by atoms with E-state index in [1.165, 1.54) is 0 Å². The summed E-state index contributed by atoms with van der Waals surface area (Å²) in [4.78, 5) is 43.8. The Kier molecular flexibility index (Phi) is 3.85. The lowest BCUT2D eigenvalue weighted by Crippen LogP contribution is -2.44. The maximum Gasteiger partial charge on any atom is 0.325 e. The third kappa shape index (κ3) is 2.76. The summed E-state index contributed by atoms with van der Waals surface area (Å²) in [6.45, 7) is 6.18. The Bertz CT molecular complexity index is 709. The van der Waals surface area contributed by atoms with Crippen molar-refractivity contribution in [2.45, 2.75) is 38.6 Å². The highest BCUT2D eigenvalue weighted by molar-refractivity contribution is 6.08. The van der Waals surface area contributed by atoms with Crippen molar-refractivity contribution in [1.82, 2.24) is 24.7 Å². The van der Waals surface area contributed by atoms with Crippen LogP contribution in [0.2, 0.25) is 0 Å². The van der Waals surface area contributed by atoms with Crippen LogP contribution in [0.3, 0.4) is 0 Å². The van der Waals surface area contributed by atoms with E-state index in [1.54, 1.807) is 18.7 Å². The summed E-state index contributed by atoms with van der Waals surface area (Å²) in [7, 11) is 1.95. The van der Waals surface area contributed by atoms with Crippen molar-refractivity contribution in [2.24, 2.45) is 7.05 Å². The number of imide groups is 1. The first kappa shape index (κ1) is 16.5. The van der Waals surface area contributed by atoms with Gasteiger partial charge >= 0.3 is 6.03 Å². The minimum atomic E-state index is -0.949. The molecule has 0 spiro atoms. The van der Waals surface area contributed by atoms with E-state index in [1.807, 2.05) is 24.7 Å². The van der Waals surface area contributed by atoms with Gasteiger partial charge in [0.25, 0.3) is 5.91 Å². The molecule has 0 saturated carbocycles. The average Bonchev–Trinajstić information content (AvgIpc) is 3.13. The topological polar surface area (TPSA) is 87.5 Å². The summed E-state index contributed by atoms with van der Waals surface area (Å²) >= 11 is 0. The molecule has 1 aromatic heterocycles. The minimum absolute atomic E-state index is 0.187. The molecule has 1 aromatic rings. The van der Waals surface area contributed by atoms with E-state index in [9.17, 15) is 14.4 Å². The molecule has 8 heteroatoms. The number of likely N-dealkylation sites (tertiary alicyclic amines) is 1. The number of rotatable bonds is 3. The van der Waals surface area contributed by atoms with Gasteiger partial charge in [-0.15, -0.1) is 0 Å². The molecule has 1 atom stereocenters. The summed E-state index contributed by atoms with van der Waals surface area (Å²) in [6, 6.07) is -0.506. The van der Waals surface area contributed by atoms with Gasteiger partial charge in [0, 0.05) is 32.3 Å². The summed E-state index contributed by atoms with van der Waals surface area (Å²) < 4.78 is 1.99. The maximum absolute atomic E-state index is 12.5. The standard InChI is InChI=1S/C16H23N5O3/c1-10-7-19(4)13(17-10)11-5-6-20(8-11)12(22)9-21-14(23)16(2,3)18-15(21)24/h7,11H,5-6,8-9H2,1-4H3,(H,18,24)/t11-/m0/s1. The molecular weight excluding hydrogens is 310 g/mol. The molecule has 24 heavy (non-hydrogen) atoms. The van der Waals surface area contributed by atoms with Crippen molar-refractivity contribution >= 4 is 17.8 Å². The Morgan fingerprint density at radius 1 is 1.42 bits per heavy atom. The Hall–Kier alpha value is -2.38. The van der Waals surface area contributed by atoms with E-state index in [-0.39, 0.29) is 24.3 Å². The lowest BCUT2D eigenvalue weighted by atomic mass is 10.1. The fourth-order valence-electron chi connectivity index (χ4n) is 3.41. The molecule has 3 heterocycles. The Balaban J connectivity index is 1.64. The molecular formula is C16H23N5O3. The van der Waals surface area contributed by atoms with Crippen LogP contribution in [0.15, 0.2) is 6.20 Å². The molecule has 0 radical (unpaired) electrons. The quantitative estimate of drug-likeness (QED) is 0.810. The number of nitrogens with zero attached hydrogens (tertiary/aromatic N) is 4. The highest BCUT2D eigenvalue weighted by Gasteiger charge is 2.45. The maximum atomic E-state index is 12.5. The molecule has 2 aliphatic heterocycles. The van der Waals surface area contributed by atoms with Crippen LogP contribution in [0.25, 0.3) is 0 Å². The van der Waals surface area contributed by atoms with Crippen LogP contribution in [0.5, 0.6) is 0 Å². The van der Waals surface area contributed by atoms with Crippen LogP contribution < -0.4 is 5.32 Å². The van der Waals surface area contributed by atoms with Gasteiger partial charge in [0.1, 0.15) is 17.9 Å². The average molecular weight is 333 g/mol. The van der Waals surface area contributed by atoms with E-state index in [4.69, 9.17) is 0 Å². The van der Waals surface area contributed by atoms with Crippen LogP contribution in [0, 0.1) is 6.92 Å². The second-order valence-corrected chi connectivity index (χ2v) is 7.12. The number of nitrogens with one attached hydrogen (secondary N) is 1. The first-order chi connectivity index (χ1) is 11.2. The van der Waals surface area contributed by atoms with E-state index in [0.717, 1.165) is 22.8 Å². The Morgan fingerprint density at radius 2 is 2.12 bits per heavy atom. The summed E-state index contributed by atoms with van der Waals surface area (Å²) in [5.74, 6) is 0.590. The molecule has 2 aliphatic rings. The van der Waals surface area contributed by atoms with Crippen molar-refractivity contribution < 1.29 is 14.4 Å². The summed E-state index contributed by atoms with van der Waals surface area (Å²) in [5.41, 5.74) is 0.00825. The summed E-state index contributed by atoms with van der Waals surface area (Å²) in [5, 5.41) is 2.59. The smallest absolute Gasteiger partial charge is 0.325 e. The van der Waals surface area contributed by atoms with E-state index in [0.29, 0.717) is 13.1 Å². The normalized spacial score (nSPS) is 23.1. The number of hydrogen-bond donors (Lipinski definition) is 1. The predicted molar refractivity (Wildman–Crippen MR) is 86.2 cm³/mol. The molecule has 0 aliphatic carbocycles. The van der Waals surface area contributed by atoms with Gasteiger partial charge in [0.2, 0.25) is 5.91 Å². The third-order valence-corrected chi connectivity index (χ3v) is 4.68. The Labute approximate surface area is 140 Å². The lowest BCUT2D eigenvalue weighted by Gasteiger charge is -2.20. The molecule has 0 aromatic carbocycles. The van der Waals surface area contributed by atoms with Gasteiger partial charge in [-0.1, -0.05) is 0 Å². The van der Waals surface area contributed by atoms with Crippen LogP contribution in [0.1, 0.15) is 37.7 Å². The van der Waals surface area contributed by atoms with E-state index >= 15 is 0 Å². The Morgan fingerprint density at radius 3 is 2.67 bits per heavy atom. The fourth-order valence-corrected chi connectivity index (χ4v) is 3.41. The third-order valence-electron chi connectivity index (χ3n) is 4.68. The van der Waals surface area contributed by atoms with Gasteiger partial charge in [-0.3, -0.25) is 14.5 Å². The minimum Gasteiger partial charge on any atom is -0.340 e. The van der Waals surface area contributed by atoms with Gasteiger partial charge in [-0.05, 0) is 27.2 Å². The van der Waals surface area contributed by atoms with Crippen molar-refractivity contribution in [3.8, 4) is 0 Å². The number of amides is 4. The first-order valence-corrected chi connectivity index (χ1v) is 8.11. The highest BCUT2D eigenvalue weighted by Crippen LogP contribution is 2.27. The van der Waals surface area contributed by atoms with Crippen LogP contribution in [-0.4, -0.2) is 62.4 Å². The summed E-state index contributed by atoms with van der Waals surface area (Å²) in [6.07, 6.45) is 2.80. The number of urea groups is 1. The van der Waals surface area contributed by atoms with Crippen LogP contribution in [-0.2, 0) is 16.6 Å². The van der Waals surface area contributed by atoms with Crippen molar-refractivity contribution in [2.75, 3.05) is 19.6 Å². The number of hydrogen-bond acceptors (Lipinski definition) is 4. The van der Waals surface area contributed by atoms with Gasteiger partial charge in [-0.25, -0.2) is 9.78 Å². The monoisotopic (exact) mass is 333 g/mol. The molecule has 130 valence electrons.